The Morgan fingerprint density at radius 2 is 1.88 bits per heavy atom. The van der Waals surface area contributed by atoms with Gasteiger partial charge in [0.1, 0.15) is 5.69 Å². The Labute approximate surface area is 139 Å². The maximum atomic E-state index is 12.0. The summed E-state index contributed by atoms with van der Waals surface area (Å²) >= 11 is 0. The van der Waals surface area contributed by atoms with Crippen molar-refractivity contribution in [1.82, 2.24) is 25.7 Å². The van der Waals surface area contributed by atoms with Gasteiger partial charge in [-0.05, 0) is 38.1 Å². The van der Waals surface area contributed by atoms with Crippen LogP contribution in [-0.2, 0) is 6.42 Å². The molecule has 0 aliphatic carbocycles. The molecule has 2 heterocycles. The molecule has 0 fully saturated rings. The Bertz CT molecular complexity index is 825. The van der Waals surface area contributed by atoms with E-state index in [-0.39, 0.29) is 5.91 Å². The molecule has 0 radical (unpaired) electrons. The quantitative estimate of drug-likeness (QED) is 0.773. The smallest absolute Gasteiger partial charge is 0.251 e. The van der Waals surface area contributed by atoms with E-state index >= 15 is 0 Å². The van der Waals surface area contributed by atoms with Crippen molar-refractivity contribution in [2.45, 2.75) is 20.3 Å². The highest BCUT2D eigenvalue weighted by atomic mass is 16.5. The van der Waals surface area contributed by atoms with Crippen LogP contribution >= 0.6 is 0 Å². The molecule has 0 saturated carbocycles. The van der Waals surface area contributed by atoms with Crippen LogP contribution < -0.4 is 5.32 Å². The van der Waals surface area contributed by atoms with Crippen molar-refractivity contribution in [2.24, 2.45) is 0 Å². The lowest BCUT2D eigenvalue weighted by molar-refractivity contribution is 0.0953. The minimum absolute atomic E-state index is 0.126. The molecule has 0 spiro atoms. The fraction of sp³-hybridized carbons (Fsp3) is 0.235. The number of carbonyl (C=O) groups excluding carboxylic acids is 1. The Morgan fingerprint density at radius 1 is 1.08 bits per heavy atom. The average molecular weight is 323 g/mol. The predicted octanol–water partition coefficient (Wildman–Crippen LogP) is 2.12. The van der Waals surface area contributed by atoms with Gasteiger partial charge in [-0.1, -0.05) is 22.9 Å². The number of amides is 1. The highest BCUT2D eigenvalue weighted by Gasteiger charge is 2.11. The molecule has 0 atom stereocenters. The van der Waals surface area contributed by atoms with Gasteiger partial charge in [0.2, 0.25) is 11.7 Å². The highest BCUT2D eigenvalue weighted by molar-refractivity contribution is 5.94. The normalized spacial score (nSPS) is 10.6. The maximum Gasteiger partial charge on any atom is 0.251 e. The summed E-state index contributed by atoms with van der Waals surface area (Å²) in [6, 6.07) is 11.0. The number of hydrogen-bond donors (Lipinski definition) is 1. The molecule has 0 aliphatic heterocycles. The largest absolute Gasteiger partial charge is 0.352 e. The van der Waals surface area contributed by atoms with Crippen molar-refractivity contribution in [3.63, 3.8) is 0 Å². The van der Waals surface area contributed by atoms with Crippen molar-refractivity contribution in [3.8, 4) is 11.5 Å². The topological polar surface area (TPSA) is 93.8 Å². The molecule has 1 amide bonds. The average Bonchev–Trinajstić information content (AvgIpc) is 3.05. The van der Waals surface area contributed by atoms with Gasteiger partial charge in [-0.2, -0.15) is 10.1 Å². The van der Waals surface area contributed by atoms with Crippen LogP contribution in [0, 0.1) is 13.8 Å². The van der Waals surface area contributed by atoms with Gasteiger partial charge in [-0.3, -0.25) is 4.79 Å². The van der Waals surface area contributed by atoms with Crippen LogP contribution in [0.1, 0.15) is 27.5 Å². The van der Waals surface area contributed by atoms with E-state index in [1.165, 1.54) is 0 Å². The number of benzene rings is 1. The zero-order valence-electron chi connectivity index (χ0n) is 13.5. The molecular formula is C17H17N5O2. The third kappa shape index (κ3) is 3.81. The van der Waals surface area contributed by atoms with Gasteiger partial charge in [-0.15, -0.1) is 5.10 Å². The standard InChI is InChI=1S/C17H17N5O2/c1-11-3-6-13(7-4-11)17(23)18-10-9-15-19-16(22-24-15)14-8-5-12(2)20-21-14/h3-8H,9-10H2,1-2H3,(H,18,23). The molecule has 1 N–H and O–H groups in total. The molecule has 1 aromatic carbocycles. The molecular weight excluding hydrogens is 306 g/mol. The predicted molar refractivity (Wildman–Crippen MR) is 87.3 cm³/mol. The maximum absolute atomic E-state index is 12.0. The van der Waals surface area contributed by atoms with E-state index in [9.17, 15) is 4.79 Å². The molecule has 3 rings (SSSR count). The summed E-state index contributed by atoms with van der Waals surface area (Å²) < 4.78 is 5.17. The summed E-state index contributed by atoms with van der Waals surface area (Å²) in [5, 5.41) is 14.7. The van der Waals surface area contributed by atoms with Gasteiger partial charge >= 0.3 is 0 Å². The summed E-state index contributed by atoms with van der Waals surface area (Å²) in [6.45, 7) is 4.25. The van der Waals surface area contributed by atoms with E-state index in [0.29, 0.717) is 35.9 Å². The summed E-state index contributed by atoms with van der Waals surface area (Å²) in [6.07, 6.45) is 0.448. The highest BCUT2D eigenvalue weighted by Crippen LogP contribution is 2.12. The van der Waals surface area contributed by atoms with Crippen LogP contribution in [0.2, 0.25) is 0 Å². The van der Waals surface area contributed by atoms with E-state index in [2.05, 4.69) is 25.7 Å². The van der Waals surface area contributed by atoms with Crippen LogP contribution in [0.15, 0.2) is 40.9 Å². The van der Waals surface area contributed by atoms with Crippen LogP contribution in [0.5, 0.6) is 0 Å². The molecule has 3 aromatic rings. The van der Waals surface area contributed by atoms with E-state index in [0.717, 1.165) is 11.3 Å². The van der Waals surface area contributed by atoms with E-state index in [1.54, 1.807) is 18.2 Å². The zero-order chi connectivity index (χ0) is 16.9. The van der Waals surface area contributed by atoms with Gasteiger partial charge in [0.25, 0.3) is 5.91 Å². The molecule has 122 valence electrons. The first-order valence-electron chi connectivity index (χ1n) is 7.60. The third-order valence-corrected chi connectivity index (χ3v) is 3.43. The molecule has 7 heteroatoms. The number of carbonyl (C=O) groups is 1. The Balaban J connectivity index is 1.55. The van der Waals surface area contributed by atoms with Crippen molar-refractivity contribution >= 4 is 5.91 Å². The molecule has 0 bridgehead atoms. The second-order valence-corrected chi connectivity index (χ2v) is 5.44. The van der Waals surface area contributed by atoms with Gasteiger partial charge in [0.05, 0.1) is 5.69 Å². The zero-order valence-corrected chi connectivity index (χ0v) is 13.5. The number of hydrogen-bond acceptors (Lipinski definition) is 6. The number of rotatable bonds is 5. The monoisotopic (exact) mass is 323 g/mol. The van der Waals surface area contributed by atoms with Crippen LogP contribution in [0.4, 0.5) is 0 Å². The number of aromatic nitrogens is 4. The summed E-state index contributed by atoms with van der Waals surface area (Å²) in [4.78, 5) is 16.3. The first-order chi connectivity index (χ1) is 11.6. The van der Waals surface area contributed by atoms with Crippen LogP contribution in [0.3, 0.4) is 0 Å². The van der Waals surface area contributed by atoms with E-state index in [1.807, 2.05) is 32.0 Å². The minimum atomic E-state index is -0.126. The summed E-state index contributed by atoms with van der Waals surface area (Å²) in [5.74, 6) is 0.707. The fourth-order valence-corrected chi connectivity index (χ4v) is 2.07. The minimum Gasteiger partial charge on any atom is -0.352 e. The van der Waals surface area contributed by atoms with Crippen LogP contribution in [0.25, 0.3) is 11.5 Å². The molecule has 0 saturated heterocycles. The second-order valence-electron chi connectivity index (χ2n) is 5.44. The SMILES string of the molecule is Cc1ccc(C(=O)NCCc2nc(-c3ccc(C)nn3)no2)cc1. The van der Waals surface area contributed by atoms with Crippen molar-refractivity contribution in [2.75, 3.05) is 6.54 Å². The van der Waals surface area contributed by atoms with Gasteiger partial charge in [-0.25, -0.2) is 0 Å². The third-order valence-electron chi connectivity index (χ3n) is 3.43. The Kier molecular flexibility index (Phi) is 4.60. The lowest BCUT2D eigenvalue weighted by Gasteiger charge is -2.03. The first kappa shape index (κ1) is 15.8. The number of nitrogens with one attached hydrogen (secondary N) is 1. The lowest BCUT2D eigenvalue weighted by Crippen LogP contribution is -2.25. The Hall–Kier alpha value is -3.09. The molecule has 0 unspecified atom stereocenters. The fourth-order valence-electron chi connectivity index (χ4n) is 2.07. The van der Waals surface area contributed by atoms with Gasteiger partial charge in [0, 0.05) is 18.5 Å². The van der Waals surface area contributed by atoms with E-state index in [4.69, 9.17) is 4.52 Å². The van der Waals surface area contributed by atoms with Crippen LogP contribution in [-0.4, -0.2) is 32.8 Å². The lowest BCUT2D eigenvalue weighted by atomic mass is 10.1. The van der Waals surface area contributed by atoms with Gasteiger partial charge < -0.3 is 9.84 Å². The summed E-state index contributed by atoms with van der Waals surface area (Å²) in [5.41, 5.74) is 3.12. The van der Waals surface area contributed by atoms with E-state index < -0.39 is 0 Å². The number of aryl methyl sites for hydroxylation is 2. The number of nitrogens with zero attached hydrogens (tertiary/aromatic N) is 4. The summed E-state index contributed by atoms with van der Waals surface area (Å²) in [7, 11) is 0. The van der Waals surface area contributed by atoms with Gasteiger partial charge in [0.15, 0.2) is 0 Å². The Morgan fingerprint density at radius 3 is 2.58 bits per heavy atom. The molecule has 7 nitrogen and oxygen atoms in total. The molecule has 24 heavy (non-hydrogen) atoms. The van der Waals surface area contributed by atoms with Crippen molar-refractivity contribution in [3.05, 3.63) is 59.1 Å². The second kappa shape index (κ2) is 6.99. The van der Waals surface area contributed by atoms with Crippen molar-refractivity contribution in [1.29, 1.82) is 0 Å². The van der Waals surface area contributed by atoms with Crippen molar-refractivity contribution < 1.29 is 9.32 Å². The molecule has 0 aliphatic rings. The molecule has 2 aromatic heterocycles. The first-order valence-corrected chi connectivity index (χ1v) is 7.60.